The van der Waals surface area contributed by atoms with Gasteiger partial charge in [-0.1, -0.05) is 37.2 Å². The lowest BCUT2D eigenvalue weighted by Crippen LogP contribution is -2.27. The highest BCUT2D eigenvalue weighted by Gasteiger charge is 2.24. The smallest absolute Gasteiger partial charge is 0.267 e. The predicted octanol–water partition coefficient (Wildman–Crippen LogP) is 4.34. The van der Waals surface area contributed by atoms with E-state index >= 15 is 0 Å². The van der Waals surface area contributed by atoms with Crippen molar-refractivity contribution in [2.24, 2.45) is 0 Å². The Labute approximate surface area is 190 Å². The SMILES string of the molecule is CCCCNC(=O)CSc1nc2sc3c(c2c(=O)n1-c1ccccc1OC)CCCC3. The molecule has 6 nitrogen and oxygen atoms in total. The van der Waals surface area contributed by atoms with Crippen molar-refractivity contribution < 1.29 is 9.53 Å². The Hall–Kier alpha value is -2.32. The van der Waals surface area contributed by atoms with Crippen LogP contribution in [0.2, 0.25) is 0 Å². The molecular formula is C23H27N3O3S2. The van der Waals surface area contributed by atoms with Crippen LogP contribution in [0.25, 0.3) is 15.9 Å². The molecule has 0 spiro atoms. The van der Waals surface area contributed by atoms with Crippen LogP contribution in [0.4, 0.5) is 0 Å². The molecular weight excluding hydrogens is 430 g/mol. The van der Waals surface area contributed by atoms with Crippen LogP contribution >= 0.6 is 23.1 Å². The van der Waals surface area contributed by atoms with Crippen molar-refractivity contribution in [3.63, 3.8) is 0 Å². The second-order valence-corrected chi connectivity index (χ2v) is 9.62. The van der Waals surface area contributed by atoms with Crippen molar-refractivity contribution in [2.45, 2.75) is 50.6 Å². The van der Waals surface area contributed by atoms with E-state index < -0.39 is 0 Å². The number of carbonyl (C=O) groups excluding carboxylic acids is 1. The minimum atomic E-state index is -0.0807. The van der Waals surface area contributed by atoms with Crippen molar-refractivity contribution in [1.29, 1.82) is 0 Å². The summed E-state index contributed by atoms with van der Waals surface area (Å²) in [5, 5.41) is 4.17. The lowest BCUT2D eigenvalue weighted by atomic mass is 9.97. The number of ether oxygens (including phenoxy) is 1. The first-order chi connectivity index (χ1) is 15.1. The summed E-state index contributed by atoms with van der Waals surface area (Å²) < 4.78 is 7.15. The van der Waals surface area contributed by atoms with Crippen LogP contribution in [0, 0.1) is 0 Å². The van der Waals surface area contributed by atoms with E-state index in [-0.39, 0.29) is 17.2 Å². The van der Waals surface area contributed by atoms with E-state index in [4.69, 9.17) is 9.72 Å². The number of thiophene rings is 1. The van der Waals surface area contributed by atoms with Gasteiger partial charge in [-0.15, -0.1) is 11.3 Å². The number of rotatable bonds is 8. The van der Waals surface area contributed by atoms with Crippen LogP contribution in [0.3, 0.4) is 0 Å². The number of fused-ring (bicyclic) bond motifs is 3. The number of hydrogen-bond donors (Lipinski definition) is 1. The Morgan fingerprint density at radius 1 is 1.29 bits per heavy atom. The lowest BCUT2D eigenvalue weighted by Gasteiger charge is -2.15. The molecule has 0 bridgehead atoms. The molecule has 0 unspecified atom stereocenters. The summed E-state index contributed by atoms with van der Waals surface area (Å²) in [4.78, 5) is 33.0. The minimum Gasteiger partial charge on any atom is -0.495 e. The fourth-order valence-electron chi connectivity index (χ4n) is 3.90. The van der Waals surface area contributed by atoms with Gasteiger partial charge in [0, 0.05) is 11.4 Å². The molecule has 2 heterocycles. The average molecular weight is 458 g/mol. The number of carbonyl (C=O) groups is 1. The van der Waals surface area contributed by atoms with Gasteiger partial charge in [-0.3, -0.25) is 14.2 Å². The second-order valence-electron chi connectivity index (χ2n) is 7.59. The Balaban J connectivity index is 1.80. The number of hydrogen-bond acceptors (Lipinski definition) is 6. The maximum atomic E-state index is 13.8. The largest absolute Gasteiger partial charge is 0.495 e. The molecule has 2 aromatic heterocycles. The molecule has 1 aliphatic carbocycles. The quantitative estimate of drug-likeness (QED) is 0.309. The minimum absolute atomic E-state index is 0.0511. The zero-order valence-electron chi connectivity index (χ0n) is 17.9. The normalized spacial score (nSPS) is 13.2. The van der Waals surface area contributed by atoms with Crippen LogP contribution in [-0.2, 0) is 17.6 Å². The standard InChI is InChI=1S/C23H27N3O3S2/c1-3-4-13-24-19(27)14-30-23-25-21-20(15-9-5-8-12-18(15)31-21)22(28)26(23)16-10-6-7-11-17(16)29-2/h6-7,10-11H,3-5,8-9,12-14H2,1-2H3,(H,24,27). The van der Waals surface area contributed by atoms with Gasteiger partial charge in [-0.25, -0.2) is 4.98 Å². The summed E-state index contributed by atoms with van der Waals surface area (Å²) in [5.74, 6) is 0.760. The highest BCUT2D eigenvalue weighted by molar-refractivity contribution is 7.99. The number of aromatic nitrogens is 2. The first-order valence-corrected chi connectivity index (χ1v) is 12.5. The molecule has 1 aliphatic rings. The number of methoxy groups -OCH3 is 1. The summed E-state index contributed by atoms with van der Waals surface area (Å²) in [6, 6.07) is 7.45. The van der Waals surface area contributed by atoms with Crippen LogP contribution in [0.5, 0.6) is 5.75 Å². The Bertz CT molecular complexity index is 1150. The third kappa shape index (κ3) is 4.50. The zero-order chi connectivity index (χ0) is 21.8. The topological polar surface area (TPSA) is 73.2 Å². The number of thioether (sulfide) groups is 1. The zero-order valence-corrected chi connectivity index (χ0v) is 19.5. The molecule has 0 radical (unpaired) electrons. The number of nitrogens with one attached hydrogen (secondary N) is 1. The van der Waals surface area contributed by atoms with E-state index in [0.717, 1.165) is 54.3 Å². The molecule has 0 atom stereocenters. The average Bonchev–Trinajstić information content (AvgIpc) is 3.16. The van der Waals surface area contributed by atoms with E-state index in [2.05, 4.69) is 12.2 Å². The van der Waals surface area contributed by atoms with Gasteiger partial charge in [-0.2, -0.15) is 0 Å². The highest BCUT2D eigenvalue weighted by atomic mass is 32.2. The molecule has 4 rings (SSSR count). The van der Waals surface area contributed by atoms with Gasteiger partial charge in [-0.05, 0) is 49.8 Å². The molecule has 0 saturated heterocycles. The number of unbranched alkanes of at least 4 members (excludes halogenated alkanes) is 1. The van der Waals surface area contributed by atoms with Crippen LogP contribution < -0.4 is 15.6 Å². The van der Waals surface area contributed by atoms with Crippen molar-refractivity contribution in [3.8, 4) is 11.4 Å². The van der Waals surface area contributed by atoms with Crippen molar-refractivity contribution in [2.75, 3.05) is 19.4 Å². The highest BCUT2D eigenvalue weighted by Crippen LogP contribution is 2.36. The van der Waals surface area contributed by atoms with Gasteiger partial charge < -0.3 is 10.1 Å². The number of aryl methyl sites for hydroxylation is 2. The predicted molar refractivity (Wildman–Crippen MR) is 127 cm³/mol. The Morgan fingerprint density at radius 2 is 2.10 bits per heavy atom. The molecule has 1 N–H and O–H groups in total. The van der Waals surface area contributed by atoms with E-state index in [1.807, 2.05) is 24.3 Å². The third-order valence-electron chi connectivity index (χ3n) is 5.47. The van der Waals surface area contributed by atoms with Crippen molar-refractivity contribution in [1.82, 2.24) is 14.9 Å². The number of benzene rings is 1. The first-order valence-electron chi connectivity index (χ1n) is 10.7. The molecule has 8 heteroatoms. The molecule has 1 amide bonds. The molecule has 0 aliphatic heterocycles. The van der Waals surface area contributed by atoms with Gasteiger partial charge in [0.05, 0.1) is 23.9 Å². The van der Waals surface area contributed by atoms with Crippen LogP contribution in [0.15, 0.2) is 34.2 Å². The van der Waals surface area contributed by atoms with Crippen molar-refractivity contribution >= 4 is 39.2 Å². The number of para-hydroxylation sites is 2. The lowest BCUT2D eigenvalue weighted by molar-refractivity contribution is -0.118. The van der Waals surface area contributed by atoms with E-state index in [1.54, 1.807) is 23.0 Å². The fraction of sp³-hybridized carbons (Fsp3) is 0.435. The van der Waals surface area contributed by atoms with Crippen LogP contribution in [0.1, 0.15) is 43.0 Å². The van der Waals surface area contributed by atoms with Gasteiger partial charge in [0.15, 0.2) is 5.16 Å². The van der Waals surface area contributed by atoms with E-state index in [1.165, 1.54) is 16.6 Å². The van der Waals surface area contributed by atoms with Gasteiger partial charge in [0.1, 0.15) is 10.6 Å². The monoisotopic (exact) mass is 457 g/mol. The van der Waals surface area contributed by atoms with Crippen LogP contribution in [-0.4, -0.2) is 34.9 Å². The molecule has 0 fully saturated rings. The molecule has 1 aromatic carbocycles. The fourth-order valence-corrected chi connectivity index (χ4v) is 6.03. The summed E-state index contributed by atoms with van der Waals surface area (Å²) in [6.45, 7) is 2.76. The van der Waals surface area contributed by atoms with E-state index in [0.29, 0.717) is 23.1 Å². The van der Waals surface area contributed by atoms with Gasteiger partial charge in [0.2, 0.25) is 5.91 Å². The Kier molecular flexibility index (Phi) is 6.97. The third-order valence-corrected chi connectivity index (χ3v) is 7.59. The Morgan fingerprint density at radius 3 is 2.90 bits per heavy atom. The number of amides is 1. The van der Waals surface area contributed by atoms with Crippen molar-refractivity contribution in [3.05, 3.63) is 45.1 Å². The number of nitrogens with zero attached hydrogens (tertiary/aromatic N) is 2. The maximum Gasteiger partial charge on any atom is 0.267 e. The summed E-state index contributed by atoms with van der Waals surface area (Å²) in [5.41, 5.74) is 1.72. The van der Waals surface area contributed by atoms with E-state index in [9.17, 15) is 9.59 Å². The second kappa shape index (κ2) is 9.87. The maximum absolute atomic E-state index is 13.8. The molecule has 31 heavy (non-hydrogen) atoms. The summed E-state index contributed by atoms with van der Waals surface area (Å²) in [7, 11) is 1.59. The molecule has 3 aromatic rings. The van der Waals surface area contributed by atoms with Gasteiger partial charge >= 0.3 is 0 Å². The molecule has 0 saturated carbocycles. The molecule has 164 valence electrons. The van der Waals surface area contributed by atoms with Gasteiger partial charge in [0.25, 0.3) is 5.56 Å². The summed E-state index contributed by atoms with van der Waals surface area (Å²) in [6.07, 6.45) is 6.16. The first kappa shape index (κ1) is 21.9. The summed E-state index contributed by atoms with van der Waals surface area (Å²) >= 11 is 2.92.